The third-order valence-corrected chi connectivity index (χ3v) is 5.65. The lowest BCUT2D eigenvalue weighted by Crippen LogP contribution is -2.48. The highest BCUT2D eigenvalue weighted by molar-refractivity contribution is 7.89. The third kappa shape index (κ3) is 2.82. The number of hydrogen-bond acceptors (Lipinski definition) is 4. The van der Waals surface area contributed by atoms with E-state index in [1.807, 2.05) is 12.1 Å². The fourth-order valence-electron chi connectivity index (χ4n) is 2.53. The molecule has 0 bridgehead atoms. The quantitative estimate of drug-likeness (QED) is 0.864. The van der Waals surface area contributed by atoms with Crippen LogP contribution in [0.15, 0.2) is 53.7 Å². The first-order valence-electron chi connectivity index (χ1n) is 6.99. The van der Waals surface area contributed by atoms with E-state index in [0.717, 1.165) is 5.69 Å². The lowest BCUT2D eigenvalue weighted by molar-refractivity contribution is 0.382. The number of pyridine rings is 1. The van der Waals surface area contributed by atoms with E-state index in [2.05, 4.69) is 9.88 Å². The number of piperazine rings is 1. The number of benzene rings is 1. The molecule has 5 nitrogen and oxygen atoms in total. The van der Waals surface area contributed by atoms with Crippen LogP contribution in [-0.2, 0) is 10.0 Å². The van der Waals surface area contributed by atoms with Gasteiger partial charge in [0.05, 0.1) is 0 Å². The molecule has 1 aliphatic rings. The summed E-state index contributed by atoms with van der Waals surface area (Å²) in [5.41, 5.74) is 1.01. The van der Waals surface area contributed by atoms with Gasteiger partial charge in [-0.25, -0.2) is 12.8 Å². The monoisotopic (exact) mass is 321 g/mol. The van der Waals surface area contributed by atoms with E-state index in [1.54, 1.807) is 12.4 Å². The fraction of sp³-hybridized carbons (Fsp3) is 0.267. The molecule has 0 spiro atoms. The molecule has 0 aliphatic carbocycles. The lowest BCUT2D eigenvalue weighted by Gasteiger charge is -2.35. The number of rotatable bonds is 3. The molecule has 1 aromatic heterocycles. The molecule has 0 radical (unpaired) electrons. The minimum atomic E-state index is -3.78. The van der Waals surface area contributed by atoms with Gasteiger partial charge in [0.25, 0.3) is 0 Å². The summed E-state index contributed by atoms with van der Waals surface area (Å²) in [5.74, 6) is -0.709. The zero-order valence-electron chi connectivity index (χ0n) is 11.9. The standard InChI is InChI=1S/C15H16FN3O2S/c16-14-3-1-2-4-15(14)22(20,21)19-11-9-18(10-12-19)13-5-7-17-8-6-13/h1-8H,9-12H2. The van der Waals surface area contributed by atoms with Gasteiger partial charge in [-0.2, -0.15) is 4.31 Å². The maximum Gasteiger partial charge on any atom is 0.246 e. The normalized spacial score (nSPS) is 16.7. The Bertz CT molecular complexity index is 744. The smallest absolute Gasteiger partial charge is 0.246 e. The fourth-order valence-corrected chi connectivity index (χ4v) is 4.02. The molecule has 2 heterocycles. The molecule has 7 heteroatoms. The molecule has 3 rings (SSSR count). The van der Waals surface area contributed by atoms with E-state index in [1.165, 1.54) is 28.6 Å². The van der Waals surface area contributed by atoms with Crippen molar-refractivity contribution in [2.24, 2.45) is 0 Å². The molecule has 1 aliphatic heterocycles. The van der Waals surface area contributed by atoms with Crippen LogP contribution < -0.4 is 4.90 Å². The van der Waals surface area contributed by atoms with Crippen LogP contribution in [0.4, 0.5) is 10.1 Å². The van der Waals surface area contributed by atoms with Gasteiger partial charge in [0, 0.05) is 44.3 Å². The SMILES string of the molecule is O=S(=O)(c1ccccc1F)N1CCN(c2ccncc2)CC1. The predicted molar refractivity (Wildman–Crippen MR) is 81.6 cm³/mol. The zero-order valence-corrected chi connectivity index (χ0v) is 12.7. The molecular formula is C15H16FN3O2S. The summed E-state index contributed by atoms with van der Waals surface area (Å²) >= 11 is 0. The van der Waals surface area contributed by atoms with Gasteiger partial charge in [-0.3, -0.25) is 4.98 Å². The van der Waals surface area contributed by atoms with Crippen molar-refractivity contribution >= 4 is 15.7 Å². The highest BCUT2D eigenvalue weighted by Crippen LogP contribution is 2.22. The number of sulfonamides is 1. The van der Waals surface area contributed by atoms with E-state index in [9.17, 15) is 12.8 Å². The predicted octanol–water partition coefficient (Wildman–Crippen LogP) is 1.73. The number of aromatic nitrogens is 1. The molecule has 1 saturated heterocycles. The van der Waals surface area contributed by atoms with Gasteiger partial charge in [0.2, 0.25) is 10.0 Å². The second-order valence-electron chi connectivity index (χ2n) is 5.03. The van der Waals surface area contributed by atoms with Crippen LogP contribution in [0.25, 0.3) is 0 Å². The van der Waals surface area contributed by atoms with Gasteiger partial charge in [-0.15, -0.1) is 0 Å². The van der Waals surface area contributed by atoms with E-state index in [-0.39, 0.29) is 4.90 Å². The van der Waals surface area contributed by atoms with Crippen molar-refractivity contribution in [3.8, 4) is 0 Å². The first-order chi connectivity index (χ1) is 10.6. The van der Waals surface area contributed by atoms with Crippen LogP contribution in [0, 0.1) is 5.82 Å². The molecule has 0 unspecified atom stereocenters. The molecule has 0 atom stereocenters. The summed E-state index contributed by atoms with van der Waals surface area (Å²) in [6.45, 7) is 1.80. The maximum atomic E-state index is 13.8. The summed E-state index contributed by atoms with van der Waals surface area (Å²) in [5, 5.41) is 0. The second kappa shape index (κ2) is 6.02. The number of nitrogens with zero attached hydrogens (tertiary/aromatic N) is 3. The first-order valence-corrected chi connectivity index (χ1v) is 8.43. The summed E-state index contributed by atoms with van der Waals surface area (Å²) < 4.78 is 40.1. The van der Waals surface area contributed by atoms with Crippen molar-refractivity contribution in [2.75, 3.05) is 31.1 Å². The van der Waals surface area contributed by atoms with Crippen molar-refractivity contribution in [3.05, 3.63) is 54.6 Å². The van der Waals surface area contributed by atoms with Crippen LogP contribution in [0.5, 0.6) is 0 Å². The Morgan fingerprint density at radius 1 is 0.955 bits per heavy atom. The minimum absolute atomic E-state index is 0.257. The van der Waals surface area contributed by atoms with Crippen molar-refractivity contribution in [3.63, 3.8) is 0 Å². The van der Waals surface area contributed by atoms with E-state index in [0.29, 0.717) is 26.2 Å². The van der Waals surface area contributed by atoms with Crippen LogP contribution in [0.3, 0.4) is 0 Å². The summed E-state index contributed by atoms with van der Waals surface area (Å²) in [7, 11) is -3.78. The molecular weight excluding hydrogens is 305 g/mol. The van der Waals surface area contributed by atoms with E-state index < -0.39 is 15.8 Å². The van der Waals surface area contributed by atoms with Crippen LogP contribution in [-0.4, -0.2) is 43.9 Å². The molecule has 22 heavy (non-hydrogen) atoms. The van der Waals surface area contributed by atoms with E-state index in [4.69, 9.17) is 0 Å². The first kappa shape index (κ1) is 14.9. The maximum absolute atomic E-state index is 13.8. The topological polar surface area (TPSA) is 53.5 Å². The van der Waals surface area contributed by atoms with Gasteiger partial charge >= 0.3 is 0 Å². The molecule has 0 amide bonds. The van der Waals surface area contributed by atoms with Crippen LogP contribution in [0.1, 0.15) is 0 Å². The molecule has 2 aromatic rings. The Morgan fingerprint density at radius 3 is 2.23 bits per heavy atom. The van der Waals surface area contributed by atoms with Crippen molar-refractivity contribution in [2.45, 2.75) is 4.90 Å². The van der Waals surface area contributed by atoms with Crippen molar-refractivity contribution < 1.29 is 12.8 Å². The number of hydrogen-bond donors (Lipinski definition) is 0. The van der Waals surface area contributed by atoms with Gasteiger partial charge in [0.15, 0.2) is 0 Å². The highest BCUT2D eigenvalue weighted by Gasteiger charge is 2.30. The van der Waals surface area contributed by atoms with Crippen LogP contribution in [0.2, 0.25) is 0 Å². The van der Waals surface area contributed by atoms with Gasteiger partial charge in [-0.1, -0.05) is 12.1 Å². The van der Waals surface area contributed by atoms with Crippen molar-refractivity contribution in [1.82, 2.24) is 9.29 Å². The number of anilines is 1. The van der Waals surface area contributed by atoms with E-state index >= 15 is 0 Å². The largest absolute Gasteiger partial charge is 0.369 e. The average Bonchev–Trinajstić information content (AvgIpc) is 2.56. The molecule has 1 fully saturated rings. The molecule has 0 N–H and O–H groups in total. The van der Waals surface area contributed by atoms with Gasteiger partial charge in [-0.05, 0) is 24.3 Å². The van der Waals surface area contributed by atoms with Gasteiger partial charge < -0.3 is 4.90 Å². The zero-order chi connectivity index (χ0) is 15.6. The summed E-state index contributed by atoms with van der Waals surface area (Å²) in [6, 6.07) is 9.26. The average molecular weight is 321 g/mol. The van der Waals surface area contributed by atoms with Crippen molar-refractivity contribution in [1.29, 1.82) is 0 Å². The van der Waals surface area contributed by atoms with Crippen LogP contribution >= 0.6 is 0 Å². The Kier molecular flexibility index (Phi) is 4.08. The minimum Gasteiger partial charge on any atom is -0.369 e. The lowest BCUT2D eigenvalue weighted by atomic mass is 10.3. The van der Waals surface area contributed by atoms with Gasteiger partial charge in [0.1, 0.15) is 10.7 Å². The summed E-state index contributed by atoms with van der Waals surface area (Å²) in [6.07, 6.45) is 3.41. The molecule has 0 saturated carbocycles. The Balaban J connectivity index is 1.75. The Labute approximate surface area is 129 Å². The highest BCUT2D eigenvalue weighted by atomic mass is 32.2. The Hall–Kier alpha value is -1.99. The third-order valence-electron chi connectivity index (χ3n) is 3.72. The summed E-state index contributed by atoms with van der Waals surface area (Å²) in [4.78, 5) is 5.80. The number of halogens is 1. The Morgan fingerprint density at radius 2 is 1.59 bits per heavy atom. The second-order valence-corrected chi connectivity index (χ2v) is 6.93. The molecule has 1 aromatic carbocycles. The molecule has 116 valence electrons.